The van der Waals surface area contributed by atoms with Crippen LogP contribution in [-0.2, 0) is 4.79 Å². The molecule has 2 aliphatic heterocycles. The lowest BCUT2D eigenvalue weighted by Gasteiger charge is -2.29. The summed E-state index contributed by atoms with van der Waals surface area (Å²) in [6.45, 7) is 3.77. The zero-order valence-electron chi connectivity index (χ0n) is 16.5. The van der Waals surface area contributed by atoms with Crippen LogP contribution in [0, 0.1) is 11.8 Å². The number of carbonyl (C=O) groups is 2. The molecule has 4 heteroatoms. The van der Waals surface area contributed by atoms with Crippen LogP contribution >= 0.6 is 0 Å². The van der Waals surface area contributed by atoms with Crippen LogP contribution in [0.25, 0.3) is 10.8 Å². The van der Waals surface area contributed by atoms with E-state index in [1.54, 1.807) is 6.92 Å². The fourth-order valence-electron chi connectivity index (χ4n) is 5.19. The van der Waals surface area contributed by atoms with E-state index in [4.69, 9.17) is 0 Å². The van der Waals surface area contributed by atoms with E-state index in [1.165, 1.54) is 0 Å². The van der Waals surface area contributed by atoms with Gasteiger partial charge in [0.05, 0.1) is 6.04 Å². The van der Waals surface area contributed by atoms with Crippen molar-refractivity contribution in [3.63, 3.8) is 0 Å². The van der Waals surface area contributed by atoms with Crippen molar-refractivity contribution in [3.05, 3.63) is 83.9 Å². The highest BCUT2D eigenvalue weighted by molar-refractivity contribution is 6.07. The molecule has 0 N–H and O–H groups in total. The van der Waals surface area contributed by atoms with E-state index in [0.717, 1.165) is 28.4 Å². The lowest BCUT2D eigenvalue weighted by Crippen LogP contribution is -2.36. The highest BCUT2D eigenvalue weighted by Gasteiger charge is 2.49. The van der Waals surface area contributed by atoms with E-state index >= 15 is 0 Å². The summed E-state index contributed by atoms with van der Waals surface area (Å²) in [5.41, 5.74) is 1.93. The Hall–Kier alpha value is -3.14. The zero-order valence-corrected chi connectivity index (χ0v) is 16.5. The summed E-state index contributed by atoms with van der Waals surface area (Å²) < 4.78 is 0. The van der Waals surface area contributed by atoms with Gasteiger partial charge in [-0.2, -0.15) is 0 Å². The highest BCUT2D eigenvalue weighted by Crippen LogP contribution is 2.45. The molecule has 0 aromatic heterocycles. The number of likely N-dealkylation sites (tertiary alicyclic amines) is 2. The maximum Gasteiger partial charge on any atom is 0.254 e. The van der Waals surface area contributed by atoms with Crippen molar-refractivity contribution in [1.82, 2.24) is 9.80 Å². The molecule has 0 unspecified atom stereocenters. The quantitative estimate of drug-likeness (QED) is 0.667. The van der Waals surface area contributed by atoms with Gasteiger partial charge >= 0.3 is 0 Å². The molecule has 2 fully saturated rings. The molecule has 0 bridgehead atoms. The van der Waals surface area contributed by atoms with Gasteiger partial charge in [-0.1, -0.05) is 66.7 Å². The van der Waals surface area contributed by atoms with Crippen LogP contribution in [0.15, 0.2) is 72.8 Å². The van der Waals surface area contributed by atoms with Crippen LogP contribution in [0.4, 0.5) is 0 Å². The summed E-state index contributed by atoms with van der Waals surface area (Å²) in [4.78, 5) is 29.7. The number of rotatable bonds is 2. The number of benzene rings is 3. The van der Waals surface area contributed by atoms with E-state index in [1.807, 2.05) is 70.5 Å². The van der Waals surface area contributed by atoms with Crippen molar-refractivity contribution < 1.29 is 9.59 Å². The van der Waals surface area contributed by atoms with Crippen molar-refractivity contribution in [3.8, 4) is 0 Å². The number of amides is 2. The fraction of sp³-hybridized carbons (Fsp3) is 0.280. The van der Waals surface area contributed by atoms with Gasteiger partial charge in [0, 0.05) is 44.0 Å². The minimum absolute atomic E-state index is 0.0454. The van der Waals surface area contributed by atoms with Gasteiger partial charge in [0.1, 0.15) is 0 Å². The molecule has 5 rings (SSSR count). The molecule has 0 radical (unpaired) electrons. The van der Waals surface area contributed by atoms with Crippen LogP contribution in [0.2, 0.25) is 0 Å². The molecule has 4 nitrogen and oxygen atoms in total. The van der Waals surface area contributed by atoms with E-state index in [0.29, 0.717) is 19.0 Å². The molecule has 3 aromatic carbocycles. The summed E-state index contributed by atoms with van der Waals surface area (Å²) in [7, 11) is 0. The average molecular weight is 384 g/mol. The first kappa shape index (κ1) is 17.9. The Morgan fingerprint density at radius 3 is 2.34 bits per heavy atom. The molecule has 3 atom stereocenters. The third-order valence-corrected chi connectivity index (χ3v) is 6.52. The smallest absolute Gasteiger partial charge is 0.254 e. The van der Waals surface area contributed by atoms with Crippen molar-refractivity contribution >= 4 is 22.6 Å². The van der Waals surface area contributed by atoms with E-state index < -0.39 is 0 Å². The van der Waals surface area contributed by atoms with Gasteiger partial charge in [0.2, 0.25) is 5.91 Å². The lowest BCUT2D eigenvalue weighted by molar-refractivity contribution is -0.130. The predicted molar refractivity (Wildman–Crippen MR) is 113 cm³/mol. The second-order valence-electron chi connectivity index (χ2n) is 8.19. The Morgan fingerprint density at radius 2 is 1.55 bits per heavy atom. The molecule has 146 valence electrons. The third-order valence-electron chi connectivity index (χ3n) is 6.52. The SMILES string of the molecule is CC(=O)N1C[C@H]2CN(C(=O)c3cccc4ccccc34)C[C@H]2[C@H]1c1ccccc1. The lowest BCUT2D eigenvalue weighted by atomic mass is 9.89. The maximum atomic E-state index is 13.4. The minimum atomic E-state index is 0.0454. The Morgan fingerprint density at radius 1 is 0.828 bits per heavy atom. The standard InChI is InChI=1S/C25H24N2O2/c1-17(28)27-15-20-14-26(16-23(20)24(27)19-9-3-2-4-10-19)25(29)22-13-7-11-18-8-5-6-12-21(18)22/h2-13,20,23-24H,14-16H2,1H3/t20-,23-,24-/m1/s1. The molecule has 2 aliphatic rings. The third kappa shape index (κ3) is 3.00. The van der Waals surface area contributed by atoms with Crippen LogP contribution in [-0.4, -0.2) is 41.2 Å². The summed E-state index contributed by atoms with van der Waals surface area (Å²) >= 11 is 0. The van der Waals surface area contributed by atoms with Crippen molar-refractivity contribution in [1.29, 1.82) is 0 Å². The van der Waals surface area contributed by atoms with Gasteiger partial charge in [-0.15, -0.1) is 0 Å². The monoisotopic (exact) mass is 384 g/mol. The van der Waals surface area contributed by atoms with Gasteiger partial charge < -0.3 is 9.80 Å². The van der Waals surface area contributed by atoms with Crippen LogP contribution in [0.1, 0.15) is 28.9 Å². The molecule has 0 spiro atoms. The van der Waals surface area contributed by atoms with E-state index in [-0.39, 0.29) is 23.8 Å². The fourth-order valence-corrected chi connectivity index (χ4v) is 5.19. The van der Waals surface area contributed by atoms with Gasteiger partial charge in [0.25, 0.3) is 5.91 Å². The topological polar surface area (TPSA) is 40.6 Å². The predicted octanol–water partition coefficient (Wildman–Crippen LogP) is 4.13. The number of nitrogens with zero attached hydrogens (tertiary/aromatic N) is 2. The highest BCUT2D eigenvalue weighted by atomic mass is 16.2. The largest absolute Gasteiger partial charge is 0.338 e. The van der Waals surface area contributed by atoms with E-state index in [9.17, 15) is 9.59 Å². The Bertz CT molecular complexity index is 1070. The van der Waals surface area contributed by atoms with Gasteiger partial charge in [-0.05, 0) is 22.4 Å². The van der Waals surface area contributed by atoms with Crippen LogP contribution in [0.3, 0.4) is 0 Å². The second kappa shape index (κ2) is 7.03. The molecule has 2 amide bonds. The second-order valence-corrected chi connectivity index (χ2v) is 8.19. The molecule has 3 aromatic rings. The zero-order chi connectivity index (χ0) is 20.0. The number of carbonyl (C=O) groups excluding carboxylic acids is 2. The van der Waals surface area contributed by atoms with Crippen LogP contribution < -0.4 is 0 Å². The Labute approximate surface area is 170 Å². The summed E-state index contributed by atoms with van der Waals surface area (Å²) in [6.07, 6.45) is 0. The summed E-state index contributed by atoms with van der Waals surface area (Å²) in [6, 6.07) is 24.2. The molecule has 2 saturated heterocycles. The first-order valence-electron chi connectivity index (χ1n) is 10.2. The normalized spacial score (nSPS) is 23.4. The Kier molecular flexibility index (Phi) is 4.35. The van der Waals surface area contributed by atoms with E-state index in [2.05, 4.69) is 12.1 Å². The maximum absolute atomic E-state index is 13.4. The number of fused-ring (bicyclic) bond motifs is 2. The van der Waals surface area contributed by atoms with Crippen molar-refractivity contribution in [2.75, 3.05) is 19.6 Å². The van der Waals surface area contributed by atoms with Gasteiger partial charge in [-0.3, -0.25) is 9.59 Å². The van der Waals surface area contributed by atoms with Gasteiger partial charge in [0.15, 0.2) is 0 Å². The number of hydrogen-bond donors (Lipinski definition) is 0. The molecule has 0 aliphatic carbocycles. The van der Waals surface area contributed by atoms with Crippen molar-refractivity contribution in [2.45, 2.75) is 13.0 Å². The molecule has 0 saturated carbocycles. The molecular weight excluding hydrogens is 360 g/mol. The Balaban J connectivity index is 1.45. The molecule has 2 heterocycles. The molecule has 29 heavy (non-hydrogen) atoms. The van der Waals surface area contributed by atoms with Gasteiger partial charge in [-0.25, -0.2) is 0 Å². The first-order valence-corrected chi connectivity index (χ1v) is 10.2. The number of hydrogen-bond acceptors (Lipinski definition) is 2. The van der Waals surface area contributed by atoms with Crippen LogP contribution in [0.5, 0.6) is 0 Å². The average Bonchev–Trinajstić information content (AvgIpc) is 3.31. The van der Waals surface area contributed by atoms with Crippen molar-refractivity contribution in [2.24, 2.45) is 11.8 Å². The summed E-state index contributed by atoms with van der Waals surface area (Å²) in [5.74, 6) is 0.806. The summed E-state index contributed by atoms with van der Waals surface area (Å²) in [5, 5.41) is 2.09. The first-order chi connectivity index (χ1) is 14.1. The molecular formula is C25H24N2O2. The minimum Gasteiger partial charge on any atom is -0.338 e.